The Hall–Kier alpha value is -0.520. The van der Waals surface area contributed by atoms with Gasteiger partial charge >= 0.3 is 0 Å². The van der Waals surface area contributed by atoms with Crippen LogP contribution in [0.4, 0.5) is 0 Å². The number of hydrogen-bond acceptors (Lipinski definition) is 13. The van der Waals surface area contributed by atoms with Crippen LogP contribution in [-0.4, -0.2) is 172 Å². The molecule has 13 heteroatoms. The molecule has 0 aromatic rings. The van der Waals surface area contributed by atoms with E-state index in [9.17, 15) is 0 Å². The van der Waals surface area contributed by atoms with Crippen LogP contribution in [0.3, 0.4) is 0 Å². The molecule has 1 heterocycles. The van der Waals surface area contributed by atoms with Crippen molar-refractivity contribution in [3.8, 4) is 0 Å². The zero-order valence-electron chi connectivity index (χ0n) is 23.7. The third kappa shape index (κ3) is 31.9. The molecule has 0 spiro atoms. The minimum atomic E-state index is 0.519. The predicted molar refractivity (Wildman–Crippen MR) is 141 cm³/mol. The molecule has 0 aliphatic carbocycles. The van der Waals surface area contributed by atoms with Crippen LogP contribution < -0.4 is 0 Å². The fraction of sp³-hybridized carbons (Fsp3) is 1.00. The van der Waals surface area contributed by atoms with Crippen LogP contribution >= 0.6 is 0 Å². The predicted octanol–water partition coefficient (Wildman–Crippen LogP) is 0.216. The average molecular weight is 573 g/mol. The lowest BCUT2D eigenvalue weighted by atomic mass is 10.6. The molecule has 1 aliphatic heterocycles. The summed E-state index contributed by atoms with van der Waals surface area (Å²) in [5, 5.41) is 0. The fourth-order valence-electron chi connectivity index (χ4n) is 2.86. The maximum absolute atomic E-state index is 5.46. The van der Waals surface area contributed by atoms with Gasteiger partial charge in [0, 0.05) is 0 Å². The highest BCUT2D eigenvalue weighted by Crippen LogP contribution is 1.88. The molecular formula is C26H52O13. The monoisotopic (exact) mass is 572 g/mol. The second-order valence-electron chi connectivity index (χ2n) is 7.96. The molecule has 0 aromatic heterocycles. The van der Waals surface area contributed by atoms with E-state index < -0.39 is 0 Å². The van der Waals surface area contributed by atoms with Gasteiger partial charge in [0.05, 0.1) is 172 Å². The fourth-order valence-corrected chi connectivity index (χ4v) is 2.86. The summed E-state index contributed by atoms with van der Waals surface area (Å²) >= 11 is 0. The highest BCUT2D eigenvalue weighted by atomic mass is 16.6. The van der Waals surface area contributed by atoms with Crippen molar-refractivity contribution in [2.45, 2.75) is 0 Å². The van der Waals surface area contributed by atoms with E-state index in [4.69, 9.17) is 61.6 Å². The van der Waals surface area contributed by atoms with Crippen molar-refractivity contribution in [2.75, 3.05) is 172 Å². The van der Waals surface area contributed by atoms with Gasteiger partial charge < -0.3 is 61.6 Å². The van der Waals surface area contributed by atoms with Gasteiger partial charge in [-0.15, -0.1) is 0 Å². The summed E-state index contributed by atoms with van der Waals surface area (Å²) in [5.41, 5.74) is 0. The first-order valence-corrected chi connectivity index (χ1v) is 14.0. The molecule has 1 saturated heterocycles. The van der Waals surface area contributed by atoms with Crippen molar-refractivity contribution in [3.63, 3.8) is 0 Å². The van der Waals surface area contributed by atoms with Gasteiger partial charge in [-0.05, 0) is 0 Å². The van der Waals surface area contributed by atoms with Crippen LogP contribution in [-0.2, 0) is 61.6 Å². The largest absolute Gasteiger partial charge is 0.377 e. The van der Waals surface area contributed by atoms with Gasteiger partial charge in [0.25, 0.3) is 0 Å². The summed E-state index contributed by atoms with van der Waals surface area (Å²) in [4.78, 5) is 0. The van der Waals surface area contributed by atoms with Gasteiger partial charge in [0.15, 0.2) is 0 Å². The van der Waals surface area contributed by atoms with Gasteiger partial charge in [-0.25, -0.2) is 0 Å². The van der Waals surface area contributed by atoms with E-state index in [1.165, 1.54) is 0 Å². The molecule has 0 amide bonds. The van der Waals surface area contributed by atoms with E-state index in [1.54, 1.807) is 0 Å². The third-order valence-corrected chi connectivity index (χ3v) is 4.84. The molecule has 1 fully saturated rings. The van der Waals surface area contributed by atoms with E-state index >= 15 is 0 Å². The Balaban J connectivity index is 2.00. The third-order valence-electron chi connectivity index (χ3n) is 4.84. The summed E-state index contributed by atoms with van der Waals surface area (Å²) < 4.78 is 71.0. The summed E-state index contributed by atoms with van der Waals surface area (Å²) in [7, 11) is 0. The van der Waals surface area contributed by atoms with Crippen molar-refractivity contribution < 1.29 is 61.6 Å². The van der Waals surface area contributed by atoms with Crippen molar-refractivity contribution in [3.05, 3.63) is 0 Å². The lowest BCUT2D eigenvalue weighted by Gasteiger charge is -2.09. The van der Waals surface area contributed by atoms with Crippen molar-refractivity contribution >= 4 is 0 Å². The molecule has 0 aromatic carbocycles. The molecule has 0 saturated carbocycles. The van der Waals surface area contributed by atoms with E-state index in [0.717, 1.165) is 0 Å². The maximum Gasteiger partial charge on any atom is 0.0701 e. The van der Waals surface area contributed by atoms with Crippen molar-refractivity contribution in [2.24, 2.45) is 0 Å². The molecule has 39 heavy (non-hydrogen) atoms. The van der Waals surface area contributed by atoms with E-state index in [-0.39, 0.29) is 0 Å². The average Bonchev–Trinajstić information content (AvgIpc) is 2.95. The van der Waals surface area contributed by atoms with Crippen molar-refractivity contribution in [1.29, 1.82) is 0 Å². The topological polar surface area (TPSA) is 120 Å². The smallest absolute Gasteiger partial charge is 0.0701 e. The van der Waals surface area contributed by atoms with Gasteiger partial charge in [0.2, 0.25) is 0 Å². The molecule has 0 unspecified atom stereocenters. The lowest BCUT2D eigenvalue weighted by Crippen LogP contribution is -2.15. The lowest BCUT2D eigenvalue weighted by molar-refractivity contribution is -0.0281. The second kappa shape index (κ2) is 33.7. The van der Waals surface area contributed by atoms with Crippen LogP contribution in [0.15, 0.2) is 0 Å². The SMILES string of the molecule is C1COCCOCCOCCOCCOCCOCCOCCOCCOCCOCCOCCOCCO1. The molecule has 1 aliphatic rings. The molecule has 0 radical (unpaired) electrons. The number of hydrogen-bond donors (Lipinski definition) is 0. The normalized spacial score (nSPS) is 24.0. The van der Waals surface area contributed by atoms with Crippen LogP contribution in [0.2, 0.25) is 0 Å². The summed E-state index contributed by atoms with van der Waals surface area (Å²) in [6, 6.07) is 0. The Kier molecular flexibility index (Phi) is 31.5. The summed E-state index contributed by atoms with van der Waals surface area (Å²) in [6.07, 6.45) is 0. The molecule has 234 valence electrons. The molecule has 1 rings (SSSR count). The first-order chi connectivity index (χ1) is 19.5. The van der Waals surface area contributed by atoms with Crippen LogP contribution in [0.1, 0.15) is 0 Å². The van der Waals surface area contributed by atoms with E-state index in [0.29, 0.717) is 172 Å². The van der Waals surface area contributed by atoms with Gasteiger partial charge in [0.1, 0.15) is 0 Å². The Morgan fingerprint density at radius 2 is 0.154 bits per heavy atom. The Bertz CT molecular complexity index is 242. The molecule has 0 atom stereocenters. The maximum atomic E-state index is 5.46. The van der Waals surface area contributed by atoms with E-state index in [2.05, 4.69) is 0 Å². The second-order valence-corrected chi connectivity index (χ2v) is 7.96. The van der Waals surface area contributed by atoms with Crippen molar-refractivity contribution in [1.82, 2.24) is 0 Å². The first kappa shape index (κ1) is 36.5. The molecular weight excluding hydrogens is 520 g/mol. The first-order valence-electron chi connectivity index (χ1n) is 14.0. The standard InChI is InChI=1S/C26H52O13/c1-2-28-5-6-30-9-10-32-13-14-34-17-18-36-21-22-38-25-26-39-24-23-37-20-19-35-16-15-33-12-11-31-8-7-29-4-3-27-1/h1-26H2. The minimum absolute atomic E-state index is 0.519. The van der Waals surface area contributed by atoms with Gasteiger partial charge in [-0.3, -0.25) is 0 Å². The van der Waals surface area contributed by atoms with Gasteiger partial charge in [-0.2, -0.15) is 0 Å². The van der Waals surface area contributed by atoms with Crippen LogP contribution in [0, 0.1) is 0 Å². The Labute approximate surface area is 233 Å². The summed E-state index contributed by atoms with van der Waals surface area (Å²) in [5.74, 6) is 0. The highest BCUT2D eigenvalue weighted by Gasteiger charge is 1.97. The van der Waals surface area contributed by atoms with Gasteiger partial charge in [-0.1, -0.05) is 0 Å². The zero-order chi connectivity index (χ0) is 27.6. The summed E-state index contributed by atoms with van der Waals surface area (Å²) in [6.45, 7) is 13.5. The Morgan fingerprint density at radius 1 is 0.103 bits per heavy atom. The molecule has 0 N–H and O–H groups in total. The number of rotatable bonds is 0. The molecule has 0 bridgehead atoms. The van der Waals surface area contributed by atoms with Crippen LogP contribution in [0.5, 0.6) is 0 Å². The molecule has 13 nitrogen and oxygen atoms in total. The minimum Gasteiger partial charge on any atom is -0.377 e. The highest BCUT2D eigenvalue weighted by molar-refractivity contribution is 4.40. The zero-order valence-corrected chi connectivity index (χ0v) is 23.7. The Morgan fingerprint density at radius 3 is 0.205 bits per heavy atom. The quantitative estimate of drug-likeness (QED) is 0.394. The van der Waals surface area contributed by atoms with Crippen LogP contribution in [0.25, 0.3) is 0 Å². The number of ether oxygens (including phenoxy) is 13. The van der Waals surface area contributed by atoms with E-state index in [1.807, 2.05) is 0 Å².